The van der Waals surface area contributed by atoms with Crippen LogP contribution in [-0.2, 0) is 4.74 Å². The van der Waals surface area contributed by atoms with E-state index in [0.717, 1.165) is 39.4 Å². The van der Waals surface area contributed by atoms with E-state index in [0.29, 0.717) is 0 Å². The Bertz CT molecular complexity index is 309. The molecule has 0 radical (unpaired) electrons. The summed E-state index contributed by atoms with van der Waals surface area (Å²) in [7, 11) is 0. The van der Waals surface area contributed by atoms with Gasteiger partial charge in [-0.3, -0.25) is 4.90 Å². The molecule has 0 spiro atoms. The zero-order valence-electron chi connectivity index (χ0n) is 9.29. The molecule has 0 aliphatic carbocycles. The van der Waals surface area contributed by atoms with Crippen molar-refractivity contribution in [2.45, 2.75) is 0 Å². The minimum atomic E-state index is 0.879. The second kappa shape index (κ2) is 6.42. The average Bonchev–Trinajstić information content (AvgIpc) is 2.33. The van der Waals surface area contributed by atoms with Crippen LogP contribution in [0.3, 0.4) is 0 Å². The highest BCUT2D eigenvalue weighted by molar-refractivity contribution is 14.1. The summed E-state index contributed by atoms with van der Waals surface area (Å²) in [5.74, 6) is 0. The molecule has 1 aromatic rings. The van der Waals surface area contributed by atoms with Gasteiger partial charge < -0.3 is 10.1 Å². The fourth-order valence-electron chi connectivity index (χ4n) is 1.75. The minimum absolute atomic E-state index is 0.879. The van der Waals surface area contributed by atoms with Crippen molar-refractivity contribution in [1.82, 2.24) is 4.90 Å². The van der Waals surface area contributed by atoms with Crippen LogP contribution in [0.25, 0.3) is 0 Å². The molecule has 16 heavy (non-hydrogen) atoms. The number of benzene rings is 1. The lowest BCUT2D eigenvalue weighted by molar-refractivity contribution is 0.0398. The van der Waals surface area contributed by atoms with Gasteiger partial charge in [0.1, 0.15) is 0 Å². The number of nitrogens with zero attached hydrogens (tertiary/aromatic N) is 1. The van der Waals surface area contributed by atoms with Crippen LogP contribution in [0.1, 0.15) is 0 Å². The van der Waals surface area contributed by atoms with E-state index in [9.17, 15) is 0 Å². The van der Waals surface area contributed by atoms with Gasteiger partial charge in [0.25, 0.3) is 0 Å². The van der Waals surface area contributed by atoms with E-state index < -0.39 is 0 Å². The fourth-order valence-corrected chi connectivity index (χ4v) is 2.11. The molecule has 1 N–H and O–H groups in total. The summed E-state index contributed by atoms with van der Waals surface area (Å²) in [5, 5.41) is 3.43. The Balaban J connectivity index is 1.69. The molecule has 1 aliphatic heterocycles. The molecule has 1 aliphatic rings. The van der Waals surface area contributed by atoms with Crippen LogP contribution in [0.2, 0.25) is 0 Å². The van der Waals surface area contributed by atoms with Crippen molar-refractivity contribution in [1.29, 1.82) is 0 Å². The molecule has 1 aromatic carbocycles. The van der Waals surface area contributed by atoms with Crippen molar-refractivity contribution in [3.8, 4) is 0 Å². The first-order valence-electron chi connectivity index (χ1n) is 5.64. The lowest BCUT2D eigenvalue weighted by atomic mass is 10.3. The summed E-state index contributed by atoms with van der Waals surface area (Å²) in [6.07, 6.45) is 0. The quantitative estimate of drug-likeness (QED) is 0.854. The van der Waals surface area contributed by atoms with Crippen LogP contribution in [0.15, 0.2) is 24.3 Å². The van der Waals surface area contributed by atoms with Gasteiger partial charge in [-0.15, -0.1) is 0 Å². The predicted octanol–water partition coefficient (Wildman–Crippen LogP) is 2.04. The third-order valence-corrected chi connectivity index (χ3v) is 3.42. The number of halogens is 1. The van der Waals surface area contributed by atoms with E-state index in [1.54, 1.807) is 0 Å². The molecule has 3 nitrogen and oxygen atoms in total. The van der Waals surface area contributed by atoms with E-state index in [2.05, 4.69) is 57.1 Å². The third kappa shape index (κ3) is 3.92. The van der Waals surface area contributed by atoms with E-state index in [4.69, 9.17) is 4.74 Å². The Kier molecular flexibility index (Phi) is 4.87. The van der Waals surface area contributed by atoms with Crippen molar-refractivity contribution < 1.29 is 4.74 Å². The molecule has 0 aromatic heterocycles. The second-order valence-corrected chi connectivity index (χ2v) is 5.13. The Labute approximate surface area is 110 Å². The summed E-state index contributed by atoms with van der Waals surface area (Å²) < 4.78 is 6.59. The van der Waals surface area contributed by atoms with E-state index in [1.807, 2.05) is 0 Å². The minimum Gasteiger partial charge on any atom is -0.384 e. The first kappa shape index (κ1) is 12.1. The molecular formula is C12H17IN2O. The number of nitrogens with one attached hydrogen (secondary N) is 1. The maximum absolute atomic E-state index is 5.31. The summed E-state index contributed by atoms with van der Waals surface area (Å²) >= 11 is 2.32. The number of morpholine rings is 1. The molecule has 0 unspecified atom stereocenters. The summed E-state index contributed by atoms with van der Waals surface area (Å²) in [5.41, 5.74) is 1.20. The molecule has 4 heteroatoms. The molecule has 0 atom stereocenters. The topological polar surface area (TPSA) is 24.5 Å². The normalized spacial score (nSPS) is 17.3. The smallest absolute Gasteiger partial charge is 0.0594 e. The highest BCUT2D eigenvalue weighted by atomic mass is 127. The average molecular weight is 332 g/mol. The maximum Gasteiger partial charge on any atom is 0.0594 e. The van der Waals surface area contributed by atoms with Crippen molar-refractivity contribution in [2.75, 3.05) is 44.7 Å². The van der Waals surface area contributed by atoms with Gasteiger partial charge in [-0.2, -0.15) is 0 Å². The number of hydrogen-bond acceptors (Lipinski definition) is 3. The number of rotatable bonds is 4. The lowest BCUT2D eigenvalue weighted by Gasteiger charge is -2.26. The molecule has 0 amide bonds. The van der Waals surface area contributed by atoms with Crippen molar-refractivity contribution >= 4 is 28.3 Å². The maximum atomic E-state index is 5.31. The Morgan fingerprint density at radius 3 is 2.56 bits per heavy atom. The predicted molar refractivity (Wildman–Crippen MR) is 74.9 cm³/mol. The van der Waals surface area contributed by atoms with Crippen LogP contribution < -0.4 is 5.32 Å². The van der Waals surface area contributed by atoms with E-state index >= 15 is 0 Å². The monoisotopic (exact) mass is 332 g/mol. The van der Waals surface area contributed by atoms with Crippen molar-refractivity contribution in [3.63, 3.8) is 0 Å². The van der Waals surface area contributed by atoms with Crippen LogP contribution in [0, 0.1) is 3.57 Å². The first-order chi connectivity index (χ1) is 7.84. The van der Waals surface area contributed by atoms with Crippen LogP contribution in [0.4, 0.5) is 5.69 Å². The SMILES string of the molecule is Ic1ccc(NCCN2CCOCC2)cc1. The molecule has 2 rings (SSSR count). The molecule has 0 saturated carbocycles. The highest BCUT2D eigenvalue weighted by Crippen LogP contribution is 2.10. The molecular weight excluding hydrogens is 315 g/mol. The molecule has 0 bridgehead atoms. The van der Waals surface area contributed by atoms with Gasteiger partial charge in [-0.05, 0) is 46.9 Å². The zero-order valence-corrected chi connectivity index (χ0v) is 11.4. The van der Waals surface area contributed by atoms with Gasteiger partial charge in [0.15, 0.2) is 0 Å². The standard InChI is InChI=1S/C12H17IN2O/c13-11-1-3-12(4-2-11)14-5-6-15-7-9-16-10-8-15/h1-4,14H,5-10H2. The third-order valence-electron chi connectivity index (χ3n) is 2.71. The molecule has 1 saturated heterocycles. The Morgan fingerprint density at radius 2 is 1.88 bits per heavy atom. The zero-order chi connectivity index (χ0) is 11.2. The summed E-state index contributed by atoms with van der Waals surface area (Å²) in [6.45, 7) is 5.98. The first-order valence-corrected chi connectivity index (χ1v) is 6.72. The van der Waals surface area contributed by atoms with Gasteiger partial charge in [0.05, 0.1) is 13.2 Å². The van der Waals surface area contributed by atoms with Crippen LogP contribution >= 0.6 is 22.6 Å². The number of hydrogen-bond donors (Lipinski definition) is 1. The Hall–Kier alpha value is -0.330. The van der Waals surface area contributed by atoms with Gasteiger partial charge in [0, 0.05) is 35.4 Å². The van der Waals surface area contributed by atoms with E-state index in [1.165, 1.54) is 9.26 Å². The van der Waals surface area contributed by atoms with Gasteiger partial charge >= 0.3 is 0 Å². The van der Waals surface area contributed by atoms with Crippen LogP contribution in [-0.4, -0.2) is 44.3 Å². The van der Waals surface area contributed by atoms with Gasteiger partial charge in [-0.25, -0.2) is 0 Å². The molecule has 1 heterocycles. The van der Waals surface area contributed by atoms with E-state index in [-0.39, 0.29) is 0 Å². The highest BCUT2D eigenvalue weighted by Gasteiger charge is 2.08. The van der Waals surface area contributed by atoms with Gasteiger partial charge in [0.2, 0.25) is 0 Å². The summed E-state index contributed by atoms with van der Waals surface area (Å²) in [6, 6.07) is 8.50. The molecule has 88 valence electrons. The molecule has 1 fully saturated rings. The number of anilines is 1. The lowest BCUT2D eigenvalue weighted by Crippen LogP contribution is -2.38. The fraction of sp³-hybridized carbons (Fsp3) is 0.500. The largest absolute Gasteiger partial charge is 0.384 e. The van der Waals surface area contributed by atoms with Gasteiger partial charge in [-0.1, -0.05) is 0 Å². The van der Waals surface area contributed by atoms with Crippen LogP contribution in [0.5, 0.6) is 0 Å². The Morgan fingerprint density at radius 1 is 1.19 bits per heavy atom. The number of ether oxygens (including phenoxy) is 1. The van der Waals surface area contributed by atoms with Crippen molar-refractivity contribution in [3.05, 3.63) is 27.8 Å². The summed E-state index contributed by atoms with van der Waals surface area (Å²) in [4.78, 5) is 2.43. The second-order valence-electron chi connectivity index (χ2n) is 3.89. The van der Waals surface area contributed by atoms with Crippen molar-refractivity contribution in [2.24, 2.45) is 0 Å².